The number of nitrogens with zero attached hydrogens (tertiary/aromatic N) is 1. The zero-order valence-corrected chi connectivity index (χ0v) is 10.7. The Balaban J connectivity index is 2.40. The van der Waals surface area contributed by atoms with Crippen molar-refractivity contribution in [2.75, 3.05) is 20.7 Å². The van der Waals surface area contributed by atoms with Gasteiger partial charge in [-0.1, -0.05) is 0 Å². The minimum Gasteiger partial charge on any atom is -0.496 e. The van der Waals surface area contributed by atoms with Crippen LogP contribution in [0.3, 0.4) is 0 Å². The van der Waals surface area contributed by atoms with Crippen LogP contribution in [0.5, 0.6) is 5.75 Å². The molecule has 0 saturated heterocycles. The minimum atomic E-state index is 1.01. The second kappa shape index (κ2) is 4.06. The van der Waals surface area contributed by atoms with Gasteiger partial charge in [-0.25, -0.2) is 0 Å². The molecule has 1 aliphatic heterocycles. The molecule has 1 heterocycles. The van der Waals surface area contributed by atoms with E-state index in [2.05, 4.69) is 46.7 Å². The molecule has 0 spiro atoms. The second-order valence-corrected chi connectivity index (χ2v) is 4.91. The molecule has 1 aliphatic rings. The van der Waals surface area contributed by atoms with Crippen molar-refractivity contribution in [2.45, 2.75) is 13.0 Å². The maximum Gasteiger partial charge on any atom is 0.132 e. The first-order valence-corrected chi connectivity index (χ1v) is 5.82. The molecule has 0 amide bonds. The van der Waals surface area contributed by atoms with Gasteiger partial charge in [-0.05, 0) is 59.3 Å². The Morgan fingerprint density at radius 3 is 2.86 bits per heavy atom. The summed E-state index contributed by atoms with van der Waals surface area (Å²) < 4.78 is 6.52. The SMILES string of the molecule is COc1cc2c(cc1I)CN(C)CC2. The average molecular weight is 303 g/mol. The van der Waals surface area contributed by atoms with Crippen LogP contribution in [0.15, 0.2) is 12.1 Å². The van der Waals surface area contributed by atoms with Crippen molar-refractivity contribution in [1.82, 2.24) is 4.90 Å². The summed E-state index contributed by atoms with van der Waals surface area (Å²) in [4.78, 5) is 2.35. The van der Waals surface area contributed by atoms with E-state index in [9.17, 15) is 0 Å². The summed E-state index contributed by atoms with van der Waals surface area (Å²) >= 11 is 2.33. The minimum absolute atomic E-state index is 1.01. The topological polar surface area (TPSA) is 12.5 Å². The molecule has 0 bridgehead atoms. The highest BCUT2D eigenvalue weighted by molar-refractivity contribution is 14.1. The van der Waals surface area contributed by atoms with Gasteiger partial charge in [0.25, 0.3) is 0 Å². The van der Waals surface area contributed by atoms with Gasteiger partial charge in [0, 0.05) is 13.1 Å². The predicted octanol–water partition coefficient (Wildman–Crippen LogP) is 2.29. The third-order valence-electron chi connectivity index (χ3n) is 2.68. The van der Waals surface area contributed by atoms with Crippen molar-refractivity contribution in [3.05, 3.63) is 26.8 Å². The van der Waals surface area contributed by atoms with Crippen LogP contribution in [-0.2, 0) is 13.0 Å². The number of ether oxygens (including phenoxy) is 1. The molecule has 1 aromatic carbocycles. The second-order valence-electron chi connectivity index (χ2n) is 3.74. The fourth-order valence-electron chi connectivity index (χ4n) is 1.85. The molecule has 0 N–H and O–H groups in total. The van der Waals surface area contributed by atoms with Crippen LogP contribution in [0.4, 0.5) is 0 Å². The molecular weight excluding hydrogens is 289 g/mol. The summed E-state index contributed by atoms with van der Waals surface area (Å²) in [5.74, 6) is 1.01. The predicted molar refractivity (Wildman–Crippen MR) is 65.7 cm³/mol. The highest BCUT2D eigenvalue weighted by atomic mass is 127. The fourth-order valence-corrected chi connectivity index (χ4v) is 2.61. The Labute approximate surface area is 98.4 Å². The lowest BCUT2D eigenvalue weighted by molar-refractivity contribution is 0.311. The van der Waals surface area contributed by atoms with Gasteiger partial charge in [-0.15, -0.1) is 0 Å². The fraction of sp³-hybridized carbons (Fsp3) is 0.455. The van der Waals surface area contributed by atoms with Crippen molar-refractivity contribution >= 4 is 22.6 Å². The Morgan fingerprint density at radius 2 is 2.14 bits per heavy atom. The lowest BCUT2D eigenvalue weighted by Gasteiger charge is -2.25. The summed E-state index contributed by atoms with van der Waals surface area (Å²) in [6.45, 7) is 2.21. The van der Waals surface area contributed by atoms with Crippen LogP contribution in [0.25, 0.3) is 0 Å². The van der Waals surface area contributed by atoms with E-state index >= 15 is 0 Å². The van der Waals surface area contributed by atoms with E-state index in [1.165, 1.54) is 14.7 Å². The summed E-state index contributed by atoms with van der Waals surface area (Å²) in [7, 11) is 3.90. The molecular formula is C11H14INO. The third kappa shape index (κ3) is 1.88. The zero-order chi connectivity index (χ0) is 10.1. The normalized spacial score (nSPS) is 16.5. The summed E-state index contributed by atoms with van der Waals surface area (Å²) in [5, 5.41) is 0. The summed E-state index contributed by atoms with van der Waals surface area (Å²) in [5.41, 5.74) is 2.89. The molecule has 2 nitrogen and oxygen atoms in total. The molecule has 0 atom stereocenters. The zero-order valence-electron chi connectivity index (χ0n) is 8.51. The molecule has 0 saturated carbocycles. The quantitative estimate of drug-likeness (QED) is 0.738. The maximum absolute atomic E-state index is 5.32. The molecule has 1 aromatic rings. The molecule has 2 rings (SSSR count). The first kappa shape index (κ1) is 10.2. The number of benzene rings is 1. The first-order chi connectivity index (χ1) is 6.70. The molecule has 3 heteroatoms. The van der Waals surface area contributed by atoms with Crippen LogP contribution in [0.2, 0.25) is 0 Å². The van der Waals surface area contributed by atoms with Crippen LogP contribution in [0, 0.1) is 3.57 Å². The van der Waals surface area contributed by atoms with Crippen LogP contribution < -0.4 is 4.74 Å². The Bertz CT molecular complexity index is 351. The van der Waals surface area contributed by atoms with Gasteiger partial charge in [0.1, 0.15) is 5.75 Å². The van der Waals surface area contributed by atoms with Gasteiger partial charge in [-0.3, -0.25) is 0 Å². The largest absolute Gasteiger partial charge is 0.496 e. The smallest absolute Gasteiger partial charge is 0.132 e. The van der Waals surface area contributed by atoms with Gasteiger partial charge in [0.2, 0.25) is 0 Å². The highest BCUT2D eigenvalue weighted by Crippen LogP contribution is 2.28. The molecule has 76 valence electrons. The number of methoxy groups -OCH3 is 1. The third-order valence-corrected chi connectivity index (χ3v) is 3.52. The Morgan fingerprint density at radius 1 is 1.36 bits per heavy atom. The van der Waals surface area contributed by atoms with Crippen molar-refractivity contribution in [1.29, 1.82) is 0 Å². The first-order valence-electron chi connectivity index (χ1n) is 4.74. The molecule has 0 aliphatic carbocycles. The number of fused-ring (bicyclic) bond motifs is 1. The van der Waals surface area contributed by atoms with E-state index in [1.807, 2.05) is 0 Å². The number of rotatable bonds is 1. The Hall–Kier alpha value is -0.290. The molecule has 0 fully saturated rings. The van der Waals surface area contributed by atoms with Crippen LogP contribution in [0.1, 0.15) is 11.1 Å². The van der Waals surface area contributed by atoms with E-state index < -0.39 is 0 Å². The van der Waals surface area contributed by atoms with Crippen LogP contribution >= 0.6 is 22.6 Å². The number of hydrogen-bond donors (Lipinski definition) is 0. The average Bonchev–Trinajstić information content (AvgIpc) is 2.16. The molecule has 14 heavy (non-hydrogen) atoms. The van der Waals surface area contributed by atoms with E-state index in [0.717, 1.165) is 25.3 Å². The number of halogens is 1. The van der Waals surface area contributed by atoms with Crippen molar-refractivity contribution in [3.8, 4) is 5.75 Å². The molecule has 0 unspecified atom stereocenters. The maximum atomic E-state index is 5.32. The van der Waals surface area contributed by atoms with Gasteiger partial charge in [0.15, 0.2) is 0 Å². The van der Waals surface area contributed by atoms with E-state index in [0.29, 0.717) is 0 Å². The van der Waals surface area contributed by atoms with Gasteiger partial charge < -0.3 is 9.64 Å². The van der Waals surface area contributed by atoms with E-state index in [-0.39, 0.29) is 0 Å². The highest BCUT2D eigenvalue weighted by Gasteiger charge is 2.15. The summed E-state index contributed by atoms with van der Waals surface area (Å²) in [6.07, 6.45) is 1.14. The lowest BCUT2D eigenvalue weighted by Crippen LogP contribution is -2.26. The van der Waals surface area contributed by atoms with E-state index in [1.54, 1.807) is 7.11 Å². The van der Waals surface area contributed by atoms with Gasteiger partial charge in [0.05, 0.1) is 10.7 Å². The van der Waals surface area contributed by atoms with Crippen molar-refractivity contribution < 1.29 is 4.74 Å². The molecule has 0 radical (unpaired) electrons. The van der Waals surface area contributed by atoms with Crippen LogP contribution in [-0.4, -0.2) is 25.6 Å². The van der Waals surface area contributed by atoms with Crippen molar-refractivity contribution in [2.24, 2.45) is 0 Å². The van der Waals surface area contributed by atoms with E-state index in [4.69, 9.17) is 4.74 Å². The number of hydrogen-bond acceptors (Lipinski definition) is 2. The van der Waals surface area contributed by atoms with Crippen molar-refractivity contribution in [3.63, 3.8) is 0 Å². The van der Waals surface area contributed by atoms with Gasteiger partial charge in [-0.2, -0.15) is 0 Å². The number of likely N-dealkylation sites (N-methyl/N-ethyl adjacent to an activating group) is 1. The Kier molecular flexibility index (Phi) is 2.97. The molecule has 0 aromatic heterocycles. The monoisotopic (exact) mass is 303 g/mol. The standard InChI is InChI=1S/C11H14INO/c1-13-4-3-8-6-11(14-2)10(12)5-9(8)7-13/h5-6H,3-4,7H2,1-2H3. The lowest BCUT2D eigenvalue weighted by atomic mass is 10.00. The van der Waals surface area contributed by atoms with Gasteiger partial charge >= 0.3 is 0 Å². The summed E-state index contributed by atoms with van der Waals surface area (Å²) in [6, 6.07) is 4.43.